The summed E-state index contributed by atoms with van der Waals surface area (Å²) in [7, 11) is -3.72. The number of nitrogens with zero attached hydrogens (tertiary/aromatic N) is 6. The number of ether oxygens (including phenoxy) is 2. The summed E-state index contributed by atoms with van der Waals surface area (Å²) in [6.07, 6.45) is -4.05. The van der Waals surface area contributed by atoms with Crippen molar-refractivity contribution in [1.82, 2.24) is 24.6 Å². The Labute approximate surface area is 278 Å². The van der Waals surface area contributed by atoms with E-state index in [2.05, 4.69) is 15.0 Å². The molecule has 4 aliphatic rings. The van der Waals surface area contributed by atoms with Crippen molar-refractivity contribution in [3.8, 4) is 6.01 Å². The van der Waals surface area contributed by atoms with Gasteiger partial charge in [0.2, 0.25) is 0 Å². The van der Waals surface area contributed by atoms with Crippen LogP contribution in [0.25, 0.3) is 0 Å². The monoisotopic (exact) mass is 717 g/mol. The van der Waals surface area contributed by atoms with E-state index in [9.17, 15) is 26.0 Å². The van der Waals surface area contributed by atoms with Crippen LogP contribution in [-0.4, -0.2) is 77.3 Å². The molecule has 0 amide bonds. The number of nitrogen functional groups attached to an aromatic ring is 1. The van der Waals surface area contributed by atoms with Gasteiger partial charge >= 0.3 is 12.2 Å². The van der Waals surface area contributed by atoms with Crippen molar-refractivity contribution in [3.63, 3.8) is 0 Å². The lowest BCUT2D eigenvalue weighted by Crippen LogP contribution is -2.43. The fraction of sp³-hybridized carbons (Fsp3) is 0.567. The van der Waals surface area contributed by atoms with E-state index in [1.807, 2.05) is 4.90 Å². The SMILES string of the molecule is CS(=O)(=O)c1nn2c(c1Cl)CN(c1nc(OC[C@@]34CCCN3C[C@H](F)C4)nc3c1COC(c1c(C(F)(F)F)ccc(N)c1F)C3)CCC2. The van der Waals surface area contributed by atoms with Crippen molar-refractivity contribution < 1.29 is 39.8 Å². The van der Waals surface area contributed by atoms with Gasteiger partial charge in [0, 0.05) is 49.9 Å². The van der Waals surface area contributed by atoms with Crippen molar-refractivity contribution in [3.05, 3.63) is 51.1 Å². The Bertz CT molecular complexity index is 1880. The molecule has 2 N–H and O–H groups in total. The van der Waals surface area contributed by atoms with Gasteiger partial charge in [-0.05, 0) is 37.9 Å². The molecule has 2 aromatic heterocycles. The van der Waals surface area contributed by atoms with Crippen LogP contribution in [0.3, 0.4) is 0 Å². The minimum absolute atomic E-state index is 0.0145. The molecule has 6 heterocycles. The maximum absolute atomic E-state index is 15.3. The number of nitrogens with two attached hydrogens (primary N) is 1. The van der Waals surface area contributed by atoms with E-state index in [-0.39, 0.29) is 47.9 Å². The molecular formula is C30H33ClF5N7O4S. The number of alkyl halides is 4. The van der Waals surface area contributed by atoms with Crippen molar-refractivity contribution in [1.29, 1.82) is 0 Å². The van der Waals surface area contributed by atoms with Gasteiger partial charge in [-0.15, -0.1) is 0 Å². The Morgan fingerprint density at radius 2 is 1.98 bits per heavy atom. The zero-order chi connectivity index (χ0) is 34.2. The molecule has 260 valence electrons. The molecule has 11 nitrogen and oxygen atoms in total. The van der Waals surface area contributed by atoms with E-state index >= 15 is 4.39 Å². The molecule has 0 radical (unpaired) electrons. The van der Waals surface area contributed by atoms with Gasteiger partial charge in [0.1, 0.15) is 23.6 Å². The molecule has 2 fully saturated rings. The summed E-state index contributed by atoms with van der Waals surface area (Å²) in [5.74, 6) is -0.872. The number of hydrogen-bond acceptors (Lipinski definition) is 10. The Kier molecular flexibility index (Phi) is 8.27. The Morgan fingerprint density at radius 3 is 2.73 bits per heavy atom. The standard InChI is InChI=1S/C30H33ClF5N7O4S/c1-48(44,45)27-24(31)21-13-41(7-3-9-43(21)40-27)26-17-14-46-22(23-18(30(34,35)36)4-5-19(37)25(23)33)10-20(17)38-28(39-26)47-15-29-6-2-8-42(29)12-16(32)11-29/h4-5,16,22H,2-3,6-15,37H2,1H3/t16-,22?,29+/m1/s1. The van der Waals surface area contributed by atoms with Gasteiger partial charge in [0.15, 0.2) is 20.7 Å². The van der Waals surface area contributed by atoms with Gasteiger partial charge in [0.25, 0.3) is 0 Å². The molecule has 1 unspecified atom stereocenters. The predicted octanol–water partition coefficient (Wildman–Crippen LogP) is 4.65. The second kappa shape index (κ2) is 11.9. The molecular weight excluding hydrogens is 685 g/mol. The number of benzene rings is 1. The van der Waals surface area contributed by atoms with Gasteiger partial charge in [-0.1, -0.05) is 11.6 Å². The molecule has 0 spiro atoms. The zero-order valence-electron chi connectivity index (χ0n) is 25.9. The molecule has 48 heavy (non-hydrogen) atoms. The number of rotatable bonds is 6. The molecule has 4 aliphatic heterocycles. The first-order valence-corrected chi connectivity index (χ1v) is 17.8. The van der Waals surface area contributed by atoms with Crippen LogP contribution in [0.4, 0.5) is 33.5 Å². The van der Waals surface area contributed by atoms with Crippen molar-refractivity contribution in [2.24, 2.45) is 0 Å². The maximum atomic E-state index is 15.3. The molecule has 3 aromatic rings. The van der Waals surface area contributed by atoms with Gasteiger partial charge in [-0.3, -0.25) is 9.58 Å². The Hall–Kier alpha value is -3.28. The molecule has 0 bridgehead atoms. The second-order valence-electron chi connectivity index (χ2n) is 12.9. The Balaban J connectivity index is 1.28. The number of halogens is 6. The van der Waals surface area contributed by atoms with Gasteiger partial charge in [-0.2, -0.15) is 28.2 Å². The maximum Gasteiger partial charge on any atom is 0.416 e. The average molecular weight is 718 g/mol. The highest BCUT2D eigenvalue weighted by molar-refractivity contribution is 7.90. The van der Waals surface area contributed by atoms with Crippen molar-refractivity contribution in [2.45, 2.75) is 80.8 Å². The van der Waals surface area contributed by atoms with Gasteiger partial charge in [0.05, 0.1) is 47.4 Å². The van der Waals surface area contributed by atoms with E-state index in [4.69, 9.17) is 31.8 Å². The summed E-state index contributed by atoms with van der Waals surface area (Å²) in [6, 6.07) is 1.53. The molecule has 18 heteroatoms. The largest absolute Gasteiger partial charge is 0.461 e. The lowest BCUT2D eigenvalue weighted by Gasteiger charge is -2.33. The summed E-state index contributed by atoms with van der Waals surface area (Å²) >= 11 is 6.53. The van der Waals surface area contributed by atoms with Crippen LogP contribution < -0.4 is 15.4 Å². The first-order valence-electron chi connectivity index (χ1n) is 15.5. The molecule has 1 aromatic carbocycles. The fourth-order valence-electron chi connectivity index (χ4n) is 7.44. The minimum atomic E-state index is -4.88. The lowest BCUT2D eigenvalue weighted by atomic mass is 9.94. The molecule has 0 aliphatic carbocycles. The van der Waals surface area contributed by atoms with Crippen molar-refractivity contribution in [2.75, 3.05) is 43.1 Å². The van der Waals surface area contributed by atoms with Crippen LogP contribution in [0.15, 0.2) is 17.2 Å². The van der Waals surface area contributed by atoms with Crippen LogP contribution in [0.5, 0.6) is 6.01 Å². The number of aryl methyl sites for hydroxylation is 1. The normalized spacial score (nSPS) is 24.7. The van der Waals surface area contributed by atoms with E-state index in [1.165, 1.54) is 0 Å². The smallest absolute Gasteiger partial charge is 0.416 e. The third-order valence-corrected chi connectivity index (χ3v) is 11.2. The summed E-state index contributed by atoms with van der Waals surface area (Å²) < 4.78 is 110. The van der Waals surface area contributed by atoms with E-state index in [1.54, 1.807) is 4.68 Å². The topological polar surface area (TPSA) is 129 Å². The van der Waals surface area contributed by atoms with Crippen LogP contribution in [-0.2, 0) is 46.9 Å². The average Bonchev–Trinajstić information content (AvgIpc) is 3.58. The number of sulfone groups is 1. The summed E-state index contributed by atoms with van der Waals surface area (Å²) in [5, 5.41) is 3.97. The fourth-order valence-corrected chi connectivity index (χ4v) is 8.74. The second-order valence-corrected chi connectivity index (χ2v) is 15.2. The first-order chi connectivity index (χ1) is 22.6. The van der Waals surface area contributed by atoms with Gasteiger partial charge in [-0.25, -0.2) is 17.2 Å². The number of hydrogen-bond donors (Lipinski definition) is 1. The van der Waals surface area contributed by atoms with Crippen LogP contribution in [0.2, 0.25) is 5.02 Å². The Morgan fingerprint density at radius 1 is 1.19 bits per heavy atom. The lowest BCUT2D eigenvalue weighted by molar-refractivity contribution is -0.140. The van der Waals surface area contributed by atoms with E-state index in [0.29, 0.717) is 49.6 Å². The van der Waals surface area contributed by atoms with Crippen LogP contribution in [0, 0.1) is 5.82 Å². The number of anilines is 2. The van der Waals surface area contributed by atoms with E-state index < -0.39 is 56.5 Å². The highest BCUT2D eigenvalue weighted by Crippen LogP contribution is 2.44. The summed E-state index contributed by atoms with van der Waals surface area (Å²) in [4.78, 5) is 13.2. The third-order valence-electron chi connectivity index (χ3n) is 9.68. The molecule has 3 atom stereocenters. The van der Waals surface area contributed by atoms with Crippen LogP contribution in [0.1, 0.15) is 59.9 Å². The number of aromatic nitrogens is 4. The molecule has 2 saturated heterocycles. The predicted molar refractivity (Wildman–Crippen MR) is 164 cm³/mol. The third kappa shape index (κ3) is 5.85. The molecule has 7 rings (SSSR count). The first kappa shape index (κ1) is 33.2. The highest BCUT2D eigenvalue weighted by Gasteiger charge is 2.49. The van der Waals surface area contributed by atoms with Crippen LogP contribution >= 0.6 is 11.6 Å². The highest BCUT2D eigenvalue weighted by atomic mass is 35.5. The van der Waals surface area contributed by atoms with Gasteiger partial charge < -0.3 is 20.1 Å². The number of fused-ring (bicyclic) bond motifs is 3. The quantitative estimate of drug-likeness (QED) is 0.284. The summed E-state index contributed by atoms with van der Waals surface area (Å²) in [5.41, 5.74) is 3.98. The molecule has 0 saturated carbocycles. The zero-order valence-corrected chi connectivity index (χ0v) is 27.4. The minimum Gasteiger partial charge on any atom is -0.461 e. The van der Waals surface area contributed by atoms with E-state index in [0.717, 1.165) is 37.8 Å². The summed E-state index contributed by atoms with van der Waals surface area (Å²) in [6.45, 7) is 1.77. The van der Waals surface area contributed by atoms with Crippen molar-refractivity contribution >= 4 is 32.9 Å².